The smallest absolute Gasteiger partial charge is 0.358 e. The number of aryl methyl sites for hydroxylation is 1. The molecule has 0 bridgehead atoms. The number of aromatic nitrogens is 2. The Morgan fingerprint density at radius 1 is 1.44 bits per heavy atom. The number of piperidine rings is 1. The molecule has 2 unspecified atom stereocenters. The lowest BCUT2D eigenvalue weighted by Gasteiger charge is -2.33. The fraction of sp³-hybridized carbons (Fsp3) is 0.412. The molecule has 144 valence electrons. The molecule has 1 amide bonds. The van der Waals surface area contributed by atoms with Gasteiger partial charge in [-0.15, -0.1) is 0 Å². The molecule has 3 rings (SSSR count). The summed E-state index contributed by atoms with van der Waals surface area (Å²) in [5, 5.41) is 16.8. The minimum atomic E-state index is -0.919. The van der Waals surface area contributed by atoms with Crippen molar-refractivity contribution in [3.05, 3.63) is 57.5 Å². The fourth-order valence-electron chi connectivity index (χ4n) is 3.30. The van der Waals surface area contributed by atoms with Crippen molar-refractivity contribution >= 4 is 11.7 Å². The zero-order valence-corrected chi connectivity index (χ0v) is 14.6. The maximum atomic E-state index is 13.6. The molecule has 10 heteroatoms. The highest BCUT2D eigenvalue weighted by Crippen LogP contribution is 2.27. The Morgan fingerprint density at radius 3 is 2.89 bits per heavy atom. The van der Waals surface area contributed by atoms with E-state index in [4.69, 9.17) is 0 Å². The van der Waals surface area contributed by atoms with E-state index in [-0.39, 0.29) is 30.2 Å². The van der Waals surface area contributed by atoms with Gasteiger partial charge in [-0.05, 0) is 40.6 Å². The Labute approximate surface area is 153 Å². The summed E-state index contributed by atoms with van der Waals surface area (Å²) in [7, 11) is 0. The van der Waals surface area contributed by atoms with Gasteiger partial charge in [0.1, 0.15) is 12.7 Å². The number of hydrogen-bond acceptors (Lipinski definition) is 5. The van der Waals surface area contributed by atoms with Crippen LogP contribution >= 0.6 is 0 Å². The molecule has 0 aliphatic carbocycles. The second-order valence-electron chi connectivity index (χ2n) is 6.48. The number of nitrogens with zero attached hydrogens (tertiary/aromatic N) is 3. The van der Waals surface area contributed by atoms with Gasteiger partial charge in [-0.2, -0.15) is 0 Å². The molecular weight excluding hydrogens is 360 g/mol. The fourth-order valence-corrected chi connectivity index (χ4v) is 3.30. The highest BCUT2D eigenvalue weighted by molar-refractivity contribution is 5.76. The third-order valence-corrected chi connectivity index (χ3v) is 4.66. The van der Waals surface area contributed by atoms with Crippen molar-refractivity contribution < 1.29 is 18.5 Å². The van der Waals surface area contributed by atoms with Crippen molar-refractivity contribution in [2.45, 2.75) is 31.8 Å². The zero-order chi connectivity index (χ0) is 19.6. The van der Waals surface area contributed by atoms with Crippen molar-refractivity contribution in [3.63, 3.8) is 0 Å². The molecule has 1 aliphatic heterocycles. The predicted molar refractivity (Wildman–Crippen MR) is 92.1 cm³/mol. The van der Waals surface area contributed by atoms with E-state index in [0.717, 1.165) is 12.1 Å². The van der Waals surface area contributed by atoms with Crippen LogP contribution in [0.3, 0.4) is 0 Å². The molecule has 0 spiro atoms. The lowest BCUT2D eigenvalue weighted by molar-refractivity contribution is -0.389. The Balaban J connectivity index is 1.71. The first-order valence-electron chi connectivity index (χ1n) is 8.48. The van der Waals surface area contributed by atoms with Gasteiger partial charge in [0.05, 0.1) is 0 Å². The van der Waals surface area contributed by atoms with E-state index in [9.17, 15) is 23.7 Å². The molecule has 2 aromatic rings. The maximum absolute atomic E-state index is 13.6. The second kappa shape index (κ2) is 7.78. The Kier molecular flexibility index (Phi) is 5.45. The van der Waals surface area contributed by atoms with Gasteiger partial charge in [0.2, 0.25) is 11.7 Å². The van der Waals surface area contributed by atoms with Gasteiger partial charge in [-0.3, -0.25) is 9.36 Å². The number of imidazole rings is 1. The molecule has 1 aliphatic rings. The van der Waals surface area contributed by atoms with Gasteiger partial charge in [0, 0.05) is 25.4 Å². The van der Waals surface area contributed by atoms with Crippen LogP contribution in [0.1, 0.15) is 23.7 Å². The molecule has 2 N–H and O–H groups in total. The monoisotopic (exact) mass is 379 g/mol. The number of nitro groups is 1. The van der Waals surface area contributed by atoms with Gasteiger partial charge in [-0.1, -0.05) is 6.07 Å². The number of carbonyl (C=O) groups excluding carboxylic acids is 1. The Hall–Kier alpha value is -2.88. The summed E-state index contributed by atoms with van der Waals surface area (Å²) in [6.07, 6.45) is 1.87. The van der Waals surface area contributed by atoms with E-state index >= 15 is 0 Å². The minimum Gasteiger partial charge on any atom is -0.358 e. The molecule has 2 heterocycles. The lowest BCUT2D eigenvalue weighted by atomic mass is 9.86. The summed E-state index contributed by atoms with van der Waals surface area (Å²) < 4.78 is 28.2. The van der Waals surface area contributed by atoms with Crippen LogP contribution < -0.4 is 10.6 Å². The van der Waals surface area contributed by atoms with Gasteiger partial charge >= 0.3 is 5.82 Å². The number of benzene rings is 1. The molecule has 1 aromatic heterocycles. The average molecular weight is 379 g/mol. The van der Waals surface area contributed by atoms with Crippen molar-refractivity contribution in [1.29, 1.82) is 0 Å². The van der Waals surface area contributed by atoms with Crippen molar-refractivity contribution in [2.24, 2.45) is 0 Å². The largest absolute Gasteiger partial charge is 0.381 e. The normalized spacial score (nSPS) is 19.7. The summed E-state index contributed by atoms with van der Waals surface area (Å²) in [6.45, 7) is 2.64. The van der Waals surface area contributed by atoms with Crippen LogP contribution in [0.5, 0.6) is 0 Å². The summed E-state index contributed by atoms with van der Waals surface area (Å²) >= 11 is 0. The minimum absolute atomic E-state index is 0.117. The van der Waals surface area contributed by atoms with Crippen LogP contribution in [0, 0.1) is 28.7 Å². The van der Waals surface area contributed by atoms with Crippen molar-refractivity contribution in [2.75, 3.05) is 13.1 Å². The first-order chi connectivity index (χ1) is 12.8. The van der Waals surface area contributed by atoms with Crippen molar-refractivity contribution in [3.8, 4) is 0 Å². The number of carbonyl (C=O) groups is 1. The highest BCUT2D eigenvalue weighted by atomic mass is 19.2. The van der Waals surface area contributed by atoms with E-state index in [1.165, 1.54) is 16.8 Å². The van der Waals surface area contributed by atoms with E-state index in [1.807, 2.05) is 0 Å². The predicted octanol–water partition coefficient (Wildman–Crippen LogP) is 1.64. The van der Waals surface area contributed by atoms with E-state index in [1.54, 1.807) is 6.92 Å². The van der Waals surface area contributed by atoms with Crippen LogP contribution in [0.4, 0.5) is 14.6 Å². The summed E-state index contributed by atoms with van der Waals surface area (Å²) in [5.41, 5.74) is 0.621. The van der Waals surface area contributed by atoms with Crippen LogP contribution in [-0.4, -0.2) is 39.5 Å². The molecule has 1 saturated heterocycles. The van der Waals surface area contributed by atoms with E-state index in [2.05, 4.69) is 15.6 Å². The molecule has 2 atom stereocenters. The Morgan fingerprint density at radius 2 is 2.22 bits per heavy atom. The van der Waals surface area contributed by atoms with Gasteiger partial charge in [-0.25, -0.2) is 8.78 Å². The summed E-state index contributed by atoms with van der Waals surface area (Å²) in [6, 6.07) is 3.46. The number of hydrogen-bond donors (Lipinski definition) is 2. The highest BCUT2D eigenvalue weighted by Gasteiger charge is 2.29. The SMILES string of the molecule is Cc1nc([N+](=O)[O-])cn1CC(=O)NC1CNCCC1c1ccc(F)c(F)c1. The molecule has 0 saturated carbocycles. The molecular formula is C17H19F2N5O3. The van der Waals surface area contributed by atoms with E-state index < -0.39 is 16.6 Å². The lowest BCUT2D eigenvalue weighted by Crippen LogP contribution is -2.50. The quantitative estimate of drug-likeness (QED) is 0.607. The first-order valence-corrected chi connectivity index (χ1v) is 8.48. The zero-order valence-electron chi connectivity index (χ0n) is 14.6. The molecule has 8 nitrogen and oxygen atoms in total. The van der Waals surface area contributed by atoms with Gasteiger partial charge in [0.25, 0.3) is 0 Å². The Bertz CT molecular complexity index is 870. The molecule has 0 radical (unpaired) electrons. The number of halogens is 2. The molecule has 1 fully saturated rings. The van der Waals surface area contributed by atoms with Gasteiger partial charge in [0.15, 0.2) is 11.6 Å². The van der Waals surface area contributed by atoms with Gasteiger partial charge < -0.3 is 20.7 Å². The molecule has 1 aromatic carbocycles. The van der Waals surface area contributed by atoms with E-state index in [0.29, 0.717) is 30.9 Å². The first kappa shape index (κ1) is 18.9. The maximum Gasteiger partial charge on any atom is 0.381 e. The molecule has 27 heavy (non-hydrogen) atoms. The van der Waals surface area contributed by atoms with Crippen LogP contribution in [-0.2, 0) is 11.3 Å². The van der Waals surface area contributed by atoms with Crippen molar-refractivity contribution in [1.82, 2.24) is 20.2 Å². The standard InChI is InChI=1S/C17H19F2N5O3/c1-10-21-16(24(26)27)8-23(10)9-17(25)22-15-7-20-5-4-12(15)11-2-3-13(18)14(19)6-11/h2-3,6,8,12,15,20H,4-5,7,9H2,1H3,(H,22,25). The second-order valence-corrected chi connectivity index (χ2v) is 6.48. The number of amides is 1. The third kappa shape index (κ3) is 4.27. The third-order valence-electron chi connectivity index (χ3n) is 4.66. The van der Waals surface area contributed by atoms with Crippen LogP contribution in [0.25, 0.3) is 0 Å². The van der Waals surface area contributed by atoms with Crippen LogP contribution in [0.2, 0.25) is 0 Å². The average Bonchev–Trinajstić information content (AvgIpc) is 2.99. The topological polar surface area (TPSA) is 102 Å². The summed E-state index contributed by atoms with van der Waals surface area (Å²) in [4.78, 5) is 26.4. The summed E-state index contributed by atoms with van der Waals surface area (Å²) in [5.74, 6) is -2.30. The number of nitrogens with one attached hydrogen (secondary N) is 2. The van der Waals surface area contributed by atoms with Crippen LogP contribution in [0.15, 0.2) is 24.4 Å². The number of rotatable bonds is 5.